The predicted octanol–water partition coefficient (Wildman–Crippen LogP) is 3.73. The summed E-state index contributed by atoms with van der Waals surface area (Å²) in [6.07, 6.45) is 3.62. The molecule has 1 aliphatic heterocycles. The van der Waals surface area contributed by atoms with Gasteiger partial charge in [0.15, 0.2) is 0 Å². The molecule has 0 atom stereocenters. The van der Waals surface area contributed by atoms with Crippen molar-refractivity contribution >= 4 is 27.3 Å². The first-order valence-electron chi connectivity index (χ1n) is 9.98. The molecule has 1 amide bonds. The van der Waals surface area contributed by atoms with E-state index < -0.39 is 20.9 Å². The lowest BCUT2D eigenvalue weighted by Crippen LogP contribution is -2.32. The number of methoxy groups -OCH3 is 1. The van der Waals surface area contributed by atoms with Gasteiger partial charge in [0.25, 0.3) is 11.6 Å². The zero-order valence-electron chi connectivity index (χ0n) is 17.5. The van der Waals surface area contributed by atoms with Crippen LogP contribution >= 0.6 is 0 Å². The molecular formula is C21H25N3O6S. The molecule has 0 aliphatic carbocycles. The molecule has 1 heterocycles. The molecule has 2 aromatic carbocycles. The number of non-ortho nitro benzene ring substituents is 1. The Labute approximate surface area is 181 Å². The van der Waals surface area contributed by atoms with E-state index in [1.807, 2.05) is 0 Å². The highest BCUT2D eigenvalue weighted by Crippen LogP contribution is 2.30. The lowest BCUT2D eigenvalue weighted by atomic mass is 10.1. The minimum atomic E-state index is -3.72. The topological polar surface area (TPSA) is 119 Å². The minimum absolute atomic E-state index is 0.0520. The predicted molar refractivity (Wildman–Crippen MR) is 116 cm³/mol. The molecule has 0 radical (unpaired) electrons. The molecule has 0 spiro atoms. The van der Waals surface area contributed by atoms with Gasteiger partial charge in [-0.1, -0.05) is 18.9 Å². The number of nitro groups is 1. The summed E-state index contributed by atoms with van der Waals surface area (Å²) < 4.78 is 32.9. The van der Waals surface area contributed by atoms with E-state index in [2.05, 4.69) is 5.32 Å². The average Bonchev–Trinajstić information content (AvgIpc) is 3.04. The highest BCUT2D eigenvalue weighted by Gasteiger charge is 2.26. The second kappa shape index (κ2) is 9.44. The van der Waals surface area contributed by atoms with Crippen molar-refractivity contribution in [3.05, 3.63) is 57.6 Å². The van der Waals surface area contributed by atoms with E-state index in [9.17, 15) is 23.3 Å². The molecule has 2 aromatic rings. The molecule has 10 heteroatoms. The van der Waals surface area contributed by atoms with Gasteiger partial charge in [0.05, 0.1) is 22.6 Å². The zero-order chi connectivity index (χ0) is 22.6. The maximum Gasteiger partial charge on any atom is 0.271 e. The number of anilines is 1. The third-order valence-electron chi connectivity index (χ3n) is 5.30. The highest BCUT2D eigenvalue weighted by molar-refractivity contribution is 7.89. The van der Waals surface area contributed by atoms with Gasteiger partial charge in [-0.2, -0.15) is 4.31 Å². The van der Waals surface area contributed by atoms with Crippen LogP contribution in [0.15, 0.2) is 41.3 Å². The summed E-state index contributed by atoms with van der Waals surface area (Å²) in [5.74, 6) is -0.325. The lowest BCUT2D eigenvalue weighted by molar-refractivity contribution is -0.384. The average molecular weight is 448 g/mol. The molecular weight excluding hydrogens is 422 g/mol. The normalized spacial score (nSPS) is 15.2. The molecule has 31 heavy (non-hydrogen) atoms. The van der Waals surface area contributed by atoms with E-state index in [1.165, 1.54) is 41.7 Å². The monoisotopic (exact) mass is 447 g/mol. The summed E-state index contributed by atoms with van der Waals surface area (Å²) in [4.78, 5) is 23.5. The number of benzene rings is 2. The van der Waals surface area contributed by atoms with Crippen molar-refractivity contribution in [1.29, 1.82) is 0 Å². The first-order valence-corrected chi connectivity index (χ1v) is 11.4. The third kappa shape index (κ3) is 5.02. The van der Waals surface area contributed by atoms with E-state index in [0.29, 0.717) is 18.7 Å². The van der Waals surface area contributed by atoms with Crippen LogP contribution in [0.1, 0.15) is 41.6 Å². The van der Waals surface area contributed by atoms with Crippen molar-refractivity contribution in [1.82, 2.24) is 4.31 Å². The molecule has 1 aliphatic rings. The fourth-order valence-electron chi connectivity index (χ4n) is 3.53. The molecule has 9 nitrogen and oxygen atoms in total. The van der Waals surface area contributed by atoms with Crippen LogP contribution < -0.4 is 10.1 Å². The molecule has 166 valence electrons. The number of carbonyl (C=O) groups is 1. The van der Waals surface area contributed by atoms with E-state index in [0.717, 1.165) is 25.7 Å². The summed E-state index contributed by atoms with van der Waals surface area (Å²) in [5, 5.41) is 13.7. The van der Waals surface area contributed by atoms with Gasteiger partial charge in [-0.05, 0) is 43.5 Å². The largest absolute Gasteiger partial charge is 0.495 e. The Morgan fingerprint density at radius 1 is 1.10 bits per heavy atom. The van der Waals surface area contributed by atoms with Gasteiger partial charge in [-0.15, -0.1) is 0 Å². The molecule has 1 N–H and O–H groups in total. The summed E-state index contributed by atoms with van der Waals surface area (Å²) in [6.45, 7) is 2.62. The second-order valence-electron chi connectivity index (χ2n) is 7.39. The SMILES string of the molecule is COc1ccc([N+](=O)[O-])cc1NC(=O)c1cc(S(=O)(=O)N2CCCCCC2)ccc1C. The van der Waals surface area contributed by atoms with Crippen molar-refractivity contribution < 1.29 is 22.9 Å². The number of carbonyl (C=O) groups excluding carboxylic acids is 1. The van der Waals surface area contributed by atoms with E-state index in [1.54, 1.807) is 13.0 Å². The Bertz CT molecular complexity index is 1090. The van der Waals surface area contributed by atoms with Gasteiger partial charge in [0.2, 0.25) is 10.0 Å². The number of nitro benzene ring substituents is 1. The number of nitrogens with zero attached hydrogens (tertiary/aromatic N) is 2. The van der Waals surface area contributed by atoms with E-state index >= 15 is 0 Å². The minimum Gasteiger partial charge on any atom is -0.495 e. The molecule has 1 fully saturated rings. The third-order valence-corrected chi connectivity index (χ3v) is 7.19. The standard InChI is InChI=1S/C21H25N3O6S/c1-15-7-9-17(31(28,29)23-11-5-3-4-6-12-23)14-18(15)21(25)22-19-13-16(24(26)27)8-10-20(19)30-2/h7-10,13-14H,3-6,11-12H2,1-2H3,(H,22,25). The smallest absolute Gasteiger partial charge is 0.271 e. The quantitative estimate of drug-likeness (QED) is 0.532. The first kappa shape index (κ1) is 22.7. The van der Waals surface area contributed by atoms with Crippen molar-refractivity contribution in [2.45, 2.75) is 37.5 Å². The van der Waals surface area contributed by atoms with Crippen molar-refractivity contribution in [2.75, 3.05) is 25.5 Å². The van der Waals surface area contributed by atoms with Crippen molar-refractivity contribution in [3.63, 3.8) is 0 Å². The van der Waals surface area contributed by atoms with Crippen LogP contribution in [0.2, 0.25) is 0 Å². The molecule has 3 rings (SSSR count). The van der Waals surface area contributed by atoms with E-state index in [-0.39, 0.29) is 27.6 Å². The van der Waals surface area contributed by atoms with Crippen LogP contribution in [0.5, 0.6) is 5.75 Å². The van der Waals surface area contributed by atoms with Crippen LogP contribution in [0.25, 0.3) is 0 Å². The Morgan fingerprint density at radius 2 is 1.77 bits per heavy atom. The lowest BCUT2D eigenvalue weighted by Gasteiger charge is -2.20. The number of hydrogen-bond acceptors (Lipinski definition) is 6. The van der Waals surface area contributed by atoms with Crippen molar-refractivity contribution in [3.8, 4) is 5.75 Å². The molecule has 0 aromatic heterocycles. The number of nitrogens with one attached hydrogen (secondary N) is 1. The first-order chi connectivity index (χ1) is 14.7. The van der Waals surface area contributed by atoms with Gasteiger partial charge in [0.1, 0.15) is 5.75 Å². The number of rotatable bonds is 6. The Balaban J connectivity index is 1.92. The highest BCUT2D eigenvalue weighted by atomic mass is 32.2. The van der Waals surface area contributed by atoms with Crippen LogP contribution in [-0.4, -0.2) is 43.8 Å². The second-order valence-corrected chi connectivity index (χ2v) is 9.33. The van der Waals surface area contributed by atoms with Gasteiger partial charge in [-0.3, -0.25) is 14.9 Å². The summed E-state index contributed by atoms with van der Waals surface area (Å²) in [6, 6.07) is 8.30. The Morgan fingerprint density at radius 3 is 2.39 bits per heavy atom. The zero-order valence-corrected chi connectivity index (χ0v) is 18.3. The van der Waals surface area contributed by atoms with Gasteiger partial charge < -0.3 is 10.1 Å². The fourth-order valence-corrected chi connectivity index (χ4v) is 5.08. The molecule has 0 unspecified atom stereocenters. The maximum atomic E-state index is 13.1. The number of ether oxygens (including phenoxy) is 1. The fraction of sp³-hybridized carbons (Fsp3) is 0.381. The number of hydrogen-bond donors (Lipinski definition) is 1. The van der Waals surface area contributed by atoms with Gasteiger partial charge in [-0.25, -0.2) is 8.42 Å². The molecule has 1 saturated heterocycles. The van der Waals surface area contributed by atoms with Gasteiger partial charge >= 0.3 is 0 Å². The number of sulfonamides is 1. The van der Waals surface area contributed by atoms with Crippen LogP contribution in [0.3, 0.4) is 0 Å². The van der Waals surface area contributed by atoms with Crippen molar-refractivity contribution in [2.24, 2.45) is 0 Å². The Kier molecular flexibility index (Phi) is 6.91. The van der Waals surface area contributed by atoms with Crippen LogP contribution in [0.4, 0.5) is 11.4 Å². The van der Waals surface area contributed by atoms with Crippen LogP contribution in [-0.2, 0) is 10.0 Å². The van der Waals surface area contributed by atoms with Gasteiger partial charge in [0, 0.05) is 30.8 Å². The van der Waals surface area contributed by atoms with Crippen LogP contribution in [0, 0.1) is 17.0 Å². The number of amides is 1. The molecule has 0 saturated carbocycles. The summed E-state index contributed by atoms with van der Waals surface area (Å²) >= 11 is 0. The maximum absolute atomic E-state index is 13.1. The molecule has 0 bridgehead atoms. The number of aryl methyl sites for hydroxylation is 1. The summed E-state index contributed by atoms with van der Waals surface area (Å²) in [5.41, 5.74) is 0.674. The van der Waals surface area contributed by atoms with E-state index in [4.69, 9.17) is 4.74 Å². The Hall–Kier alpha value is -2.98. The summed E-state index contributed by atoms with van der Waals surface area (Å²) in [7, 11) is -2.34.